The van der Waals surface area contributed by atoms with Crippen LogP contribution in [0.1, 0.15) is 16.7 Å². The van der Waals surface area contributed by atoms with Gasteiger partial charge in [0, 0.05) is 11.8 Å². The number of nitrogens with zero attached hydrogens (tertiary/aromatic N) is 1. The molecule has 2 aromatic rings. The third kappa shape index (κ3) is 2.96. The van der Waals surface area contributed by atoms with Gasteiger partial charge < -0.3 is 9.84 Å². The molecule has 1 aromatic heterocycles. The van der Waals surface area contributed by atoms with Gasteiger partial charge in [0.15, 0.2) is 6.61 Å². The molecule has 0 radical (unpaired) electrons. The van der Waals surface area contributed by atoms with Gasteiger partial charge in [-0.1, -0.05) is 0 Å². The van der Waals surface area contributed by atoms with E-state index in [2.05, 4.69) is 18.8 Å². The summed E-state index contributed by atoms with van der Waals surface area (Å²) in [6, 6.07) is 7.30. The number of hydrogen-bond acceptors (Lipinski definition) is 3. The van der Waals surface area contributed by atoms with Crippen LogP contribution in [-0.4, -0.2) is 22.7 Å². The summed E-state index contributed by atoms with van der Waals surface area (Å²) in [5.41, 5.74) is 5.50. The van der Waals surface area contributed by atoms with Crippen molar-refractivity contribution in [1.82, 2.24) is 4.98 Å². The Labute approximate surface area is 118 Å². The molecule has 0 spiro atoms. The van der Waals surface area contributed by atoms with Gasteiger partial charge in [-0.15, -0.1) is 0 Å². The lowest BCUT2D eigenvalue weighted by atomic mass is 10.0. The Bertz CT molecular complexity index is 633. The summed E-state index contributed by atoms with van der Waals surface area (Å²) >= 11 is 0. The Hall–Kier alpha value is -2.36. The predicted molar refractivity (Wildman–Crippen MR) is 77.0 cm³/mol. The number of carboxylic acids is 1. The number of carbonyl (C=O) groups is 1. The van der Waals surface area contributed by atoms with E-state index in [0.29, 0.717) is 5.75 Å². The predicted octanol–water partition coefficient (Wildman–Crippen LogP) is 3.14. The van der Waals surface area contributed by atoms with Crippen LogP contribution in [0, 0.1) is 20.8 Å². The maximum atomic E-state index is 10.4. The Morgan fingerprint density at radius 2 is 1.80 bits per heavy atom. The number of ether oxygens (including phenoxy) is 1. The van der Waals surface area contributed by atoms with Gasteiger partial charge in [0.1, 0.15) is 5.75 Å². The van der Waals surface area contributed by atoms with Gasteiger partial charge in [-0.2, -0.15) is 0 Å². The van der Waals surface area contributed by atoms with E-state index in [9.17, 15) is 4.79 Å². The first-order valence-electron chi connectivity index (χ1n) is 6.37. The molecule has 0 saturated carbocycles. The number of aliphatic carboxylic acids is 1. The molecule has 0 unspecified atom stereocenters. The van der Waals surface area contributed by atoms with Crippen molar-refractivity contribution in [2.24, 2.45) is 0 Å². The molecule has 0 atom stereocenters. The van der Waals surface area contributed by atoms with E-state index >= 15 is 0 Å². The summed E-state index contributed by atoms with van der Waals surface area (Å²) in [5.74, 6) is -0.446. The van der Waals surface area contributed by atoms with Crippen LogP contribution in [0.15, 0.2) is 30.5 Å². The smallest absolute Gasteiger partial charge is 0.341 e. The zero-order valence-electron chi connectivity index (χ0n) is 11.8. The molecule has 4 heteroatoms. The summed E-state index contributed by atoms with van der Waals surface area (Å²) in [6.45, 7) is 5.85. The van der Waals surface area contributed by atoms with Gasteiger partial charge in [0.25, 0.3) is 0 Å². The van der Waals surface area contributed by atoms with E-state index < -0.39 is 5.97 Å². The van der Waals surface area contributed by atoms with Crippen molar-refractivity contribution >= 4 is 5.97 Å². The van der Waals surface area contributed by atoms with Crippen molar-refractivity contribution < 1.29 is 14.6 Å². The van der Waals surface area contributed by atoms with E-state index in [4.69, 9.17) is 9.84 Å². The second kappa shape index (κ2) is 5.74. The monoisotopic (exact) mass is 271 g/mol. The van der Waals surface area contributed by atoms with Crippen molar-refractivity contribution in [2.45, 2.75) is 20.8 Å². The van der Waals surface area contributed by atoms with Crippen molar-refractivity contribution in [3.63, 3.8) is 0 Å². The third-order valence-electron chi connectivity index (χ3n) is 3.39. The fourth-order valence-electron chi connectivity index (χ4n) is 1.97. The van der Waals surface area contributed by atoms with Crippen molar-refractivity contribution in [1.29, 1.82) is 0 Å². The zero-order valence-corrected chi connectivity index (χ0v) is 11.8. The summed E-state index contributed by atoms with van der Waals surface area (Å²) in [4.78, 5) is 14.9. The minimum Gasteiger partial charge on any atom is -0.482 e. The Morgan fingerprint density at radius 1 is 1.15 bits per heavy atom. The molecule has 20 heavy (non-hydrogen) atoms. The standard InChI is InChI=1S/C16H17NO3/c1-10-8-17-16(12(3)11(10)2)13-4-6-14(7-5-13)20-9-15(18)19/h4-8H,9H2,1-3H3,(H,18,19). The van der Waals surface area contributed by atoms with Crippen LogP contribution in [0.2, 0.25) is 0 Å². The molecule has 104 valence electrons. The molecule has 1 heterocycles. The number of carboxylic acid groups (broad SMARTS) is 1. The van der Waals surface area contributed by atoms with Gasteiger partial charge in [0.2, 0.25) is 0 Å². The fraction of sp³-hybridized carbons (Fsp3) is 0.250. The maximum absolute atomic E-state index is 10.4. The van der Waals surface area contributed by atoms with Gasteiger partial charge in [-0.05, 0) is 61.7 Å². The Kier molecular flexibility index (Phi) is 4.03. The highest BCUT2D eigenvalue weighted by Crippen LogP contribution is 2.26. The van der Waals surface area contributed by atoms with Gasteiger partial charge in [-0.25, -0.2) is 4.79 Å². The molecule has 0 saturated heterocycles. The molecule has 0 aliphatic heterocycles. The zero-order chi connectivity index (χ0) is 14.7. The second-order valence-electron chi connectivity index (χ2n) is 4.75. The first-order valence-corrected chi connectivity index (χ1v) is 6.37. The van der Waals surface area contributed by atoms with E-state index in [-0.39, 0.29) is 6.61 Å². The molecule has 0 amide bonds. The first-order chi connectivity index (χ1) is 9.49. The molecule has 1 N–H and O–H groups in total. The molecule has 0 aliphatic carbocycles. The summed E-state index contributed by atoms with van der Waals surface area (Å²) in [6.07, 6.45) is 1.87. The van der Waals surface area contributed by atoms with Crippen LogP contribution in [0.5, 0.6) is 5.75 Å². The minimum atomic E-state index is -0.985. The summed E-state index contributed by atoms with van der Waals surface area (Å²) in [7, 11) is 0. The van der Waals surface area contributed by atoms with Crippen LogP contribution in [0.4, 0.5) is 0 Å². The molecule has 0 aliphatic rings. The average Bonchev–Trinajstić information content (AvgIpc) is 2.43. The highest BCUT2D eigenvalue weighted by Gasteiger charge is 2.08. The number of aromatic nitrogens is 1. The normalized spacial score (nSPS) is 10.3. The van der Waals surface area contributed by atoms with Crippen LogP contribution < -0.4 is 4.74 Å². The highest BCUT2D eigenvalue weighted by molar-refractivity contribution is 5.69. The quantitative estimate of drug-likeness (QED) is 0.928. The van der Waals surface area contributed by atoms with Crippen molar-refractivity contribution in [2.75, 3.05) is 6.61 Å². The van der Waals surface area contributed by atoms with E-state index in [1.807, 2.05) is 25.3 Å². The lowest BCUT2D eigenvalue weighted by molar-refractivity contribution is -0.139. The summed E-state index contributed by atoms with van der Waals surface area (Å²) in [5, 5.41) is 8.57. The van der Waals surface area contributed by atoms with E-state index in [1.54, 1.807) is 12.1 Å². The first kappa shape index (κ1) is 14.1. The number of hydrogen-bond donors (Lipinski definition) is 1. The number of pyridine rings is 1. The van der Waals surface area contributed by atoms with Crippen LogP contribution >= 0.6 is 0 Å². The average molecular weight is 271 g/mol. The molecule has 0 fully saturated rings. The van der Waals surface area contributed by atoms with Crippen LogP contribution in [0.3, 0.4) is 0 Å². The van der Waals surface area contributed by atoms with Gasteiger partial charge in [-0.3, -0.25) is 4.98 Å². The van der Waals surface area contributed by atoms with Crippen molar-refractivity contribution in [3.05, 3.63) is 47.2 Å². The van der Waals surface area contributed by atoms with Crippen molar-refractivity contribution in [3.8, 4) is 17.0 Å². The molecule has 0 bridgehead atoms. The van der Waals surface area contributed by atoms with Gasteiger partial charge in [0.05, 0.1) is 5.69 Å². The Balaban J connectivity index is 2.26. The number of rotatable bonds is 4. The fourth-order valence-corrected chi connectivity index (χ4v) is 1.97. The van der Waals surface area contributed by atoms with Crippen LogP contribution in [0.25, 0.3) is 11.3 Å². The van der Waals surface area contributed by atoms with E-state index in [0.717, 1.165) is 16.8 Å². The van der Waals surface area contributed by atoms with Gasteiger partial charge >= 0.3 is 5.97 Å². The number of aryl methyl sites for hydroxylation is 1. The second-order valence-corrected chi connectivity index (χ2v) is 4.75. The number of benzene rings is 1. The molecule has 2 rings (SSSR count). The van der Waals surface area contributed by atoms with Crippen LogP contribution in [-0.2, 0) is 4.79 Å². The maximum Gasteiger partial charge on any atom is 0.341 e. The molecular weight excluding hydrogens is 254 g/mol. The highest BCUT2D eigenvalue weighted by atomic mass is 16.5. The van der Waals surface area contributed by atoms with E-state index in [1.165, 1.54) is 11.1 Å². The molecule has 4 nitrogen and oxygen atoms in total. The third-order valence-corrected chi connectivity index (χ3v) is 3.39. The minimum absolute atomic E-state index is 0.333. The lowest BCUT2D eigenvalue weighted by Gasteiger charge is -2.11. The largest absolute Gasteiger partial charge is 0.482 e. The molecule has 1 aromatic carbocycles. The lowest BCUT2D eigenvalue weighted by Crippen LogP contribution is -2.09. The summed E-state index contributed by atoms with van der Waals surface area (Å²) < 4.78 is 5.11. The molecular formula is C16H17NO3. The SMILES string of the molecule is Cc1cnc(-c2ccc(OCC(=O)O)cc2)c(C)c1C. The topological polar surface area (TPSA) is 59.4 Å². The Morgan fingerprint density at radius 3 is 2.40 bits per heavy atom.